The second-order valence-corrected chi connectivity index (χ2v) is 7.35. The molecule has 21 heavy (non-hydrogen) atoms. The summed E-state index contributed by atoms with van der Waals surface area (Å²) in [5.74, 6) is 0. The van der Waals surface area contributed by atoms with E-state index in [2.05, 4.69) is 20.1 Å². The molecular formula is C14H18N4O2S. The molecule has 0 spiro atoms. The molecule has 7 heteroatoms. The van der Waals surface area contributed by atoms with E-state index in [0.29, 0.717) is 17.1 Å². The molecule has 1 aliphatic heterocycles. The maximum atomic E-state index is 11.8. The van der Waals surface area contributed by atoms with Crippen molar-refractivity contribution in [2.24, 2.45) is 0 Å². The van der Waals surface area contributed by atoms with Crippen molar-refractivity contribution in [3.8, 4) is 0 Å². The molecule has 3 rings (SSSR count). The first-order valence-corrected chi connectivity index (χ1v) is 8.82. The van der Waals surface area contributed by atoms with Gasteiger partial charge in [0.15, 0.2) is 9.84 Å². The number of H-pyrrole nitrogens is 1. The van der Waals surface area contributed by atoms with Gasteiger partial charge in [0, 0.05) is 19.0 Å². The Kier molecular flexibility index (Phi) is 3.77. The second kappa shape index (κ2) is 5.57. The van der Waals surface area contributed by atoms with Crippen molar-refractivity contribution in [2.75, 3.05) is 12.8 Å². The molecule has 0 amide bonds. The van der Waals surface area contributed by atoms with Crippen LogP contribution in [-0.4, -0.2) is 41.3 Å². The van der Waals surface area contributed by atoms with Gasteiger partial charge < -0.3 is 0 Å². The van der Waals surface area contributed by atoms with Gasteiger partial charge in [-0.05, 0) is 31.5 Å². The Hall–Kier alpha value is -1.73. The molecule has 1 fully saturated rings. The Bertz CT molecular complexity index is 712. The smallest absolute Gasteiger partial charge is 0.178 e. The molecule has 0 radical (unpaired) electrons. The highest BCUT2D eigenvalue weighted by Crippen LogP contribution is 2.34. The van der Waals surface area contributed by atoms with Crippen LogP contribution in [0.5, 0.6) is 0 Å². The van der Waals surface area contributed by atoms with Crippen molar-refractivity contribution in [3.63, 3.8) is 0 Å². The van der Waals surface area contributed by atoms with Crippen molar-refractivity contribution >= 4 is 9.84 Å². The molecule has 1 saturated heterocycles. The summed E-state index contributed by atoms with van der Waals surface area (Å²) in [6.07, 6.45) is 6.37. The first-order valence-electron chi connectivity index (χ1n) is 6.93. The van der Waals surface area contributed by atoms with Gasteiger partial charge in [-0.15, -0.1) is 0 Å². The van der Waals surface area contributed by atoms with Gasteiger partial charge in [0.1, 0.15) is 4.90 Å². The number of pyridine rings is 1. The summed E-state index contributed by atoms with van der Waals surface area (Å²) in [4.78, 5) is 6.90. The largest absolute Gasteiger partial charge is 0.289 e. The number of likely N-dealkylation sites (tertiary alicyclic amines) is 1. The molecule has 0 saturated carbocycles. The van der Waals surface area contributed by atoms with E-state index in [1.807, 2.05) is 18.2 Å². The van der Waals surface area contributed by atoms with Crippen LogP contribution in [0.2, 0.25) is 0 Å². The van der Waals surface area contributed by atoms with E-state index >= 15 is 0 Å². The van der Waals surface area contributed by atoms with Crippen LogP contribution >= 0.6 is 0 Å². The normalized spacial score (nSPS) is 20.0. The zero-order valence-electron chi connectivity index (χ0n) is 11.9. The third kappa shape index (κ3) is 2.98. The molecule has 0 aliphatic carbocycles. The molecule has 1 atom stereocenters. The van der Waals surface area contributed by atoms with Crippen molar-refractivity contribution < 1.29 is 8.42 Å². The standard InChI is InChI=1S/C14H18N4O2S/c1-21(19,20)13-9-16-17-14(13)12-6-4-8-18(12)10-11-5-2-3-7-15-11/h2-3,5,7,9,12H,4,6,8,10H2,1H3,(H,16,17). The topological polar surface area (TPSA) is 79.0 Å². The highest BCUT2D eigenvalue weighted by atomic mass is 32.2. The molecule has 2 aromatic rings. The lowest BCUT2D eigenvalue weighted by Crippen LogP contribution is -2.24. The van der Waals surface area contributed by atoms with E-state index in [-0.39, 0.29) is 6.04 Å². The first-order chi connectivity index (χ1) is 10.1. The maximum Gasteiger partial charge on any atom is 0.178 e. The third-order valence-corrected chi connectivity index (χ3v) is 4.94. The average molecular weight is 306 g/mol. The Morgan fingerprint density at radius 1 is 1.43 bits per heavy atom. The summed E-state index contributed by atoms with van der Waals surface area (Å²) < 4.78 is 23.7. The Morgan fingerprint density at radius 3 is 3.00 bits per heavy atom. The van der Waals surface area contributed by atoms with Gasteiger partial charge in [0.2, 0.25) is 0 Å². The van der Waals surface area contributed by atoms with E-state index in [1.54, 1.807) is 6.20 Å². The molecule has 1 aliphatic rings. The highest BCUT2D eigenvalue weighted by Gasteiger charge is 2.31. The summed E-state index contributed by atoms with van der Waals surface area (Å²) in [5.41, 5.74) is 1.69. The number of nitrogens with one attached hydrogen (secondary N) is 1. The summed E-state index contributed by atoms with van der Waals surface area (Å²) in [6.45, 7) is 1.65. The Morgan fingerprint density at radius 2 is 2.29 bits per heavy atom. The van der Waals surface area contributed by atoms with Gasteiger partial charge in [0.05, 0.1) is 23.6 Å². The van der Waals surface area contributed by atoms with Crippen LogP contribution in [0.25, 0.3) is 0 Å². The molecule has 0 aromatic carbocycles. The maximum absolute atomic E-state index is 11.8. The van der Waals surface area contributed by atoms with E-state index in [1.165, 1.54) is 12.5 Å². The van der Waals surface area contributed by atoms with Crippen molar-refractivity contribution in [1.82, 2.24) is 20.1 Å². The summed E-state index contributed by atoms with van der Waals surface area (Å²) in [6, 6.07) is 5.90. The van der Waals surface area contributed by atoms with Crippen LogP contribution in [0.4, 0.5) is 0 Å². The molecule has 1 unspecified atom stereocenters. The predicted octanol–water partition coefficient (Wildman–Crippen LogP) is 1.55. The number of rotatable bonds is 4. The van der Waals surface area contributed by atoms with E-state index in [4.69, 9.17) is 0 Å². The van der Waals surface area contributed by atoms with Crippen LogP contribution in [0.15, 0.2) is 35.5 Å². The van der Waals surface area contributed by atoms with Gasteiger partial charge in [-0.3, -0.25) is 15.0 Å². The number of sulfone groups is 1. The summed E-state index contributed by atoms with van der Waals surface area (Å²) in [5, 5.41) is 6.81. The minimum atomic E-state index is -3.26. The lowest BCUT2D eigenvalue weighted by atomic mass is 10.1. The van der Waals surface area contributed by atoms with Gasteiger partial charge in [-0.25, -0.2) is 8.42 Å². The molecule has 1 N–H and O–H groups in total. The SMILES string of the molecule is CS(=O)(=O)c1cn[nH]c1C1CCCN1Cc1ccccn1. The Balaban J connectivity index is 1.87. The fraction of sp³-hybridized carbons (Fsp3) is 0.429. The molecule has 6 nitrogen and oxygen atoms in total. The molecule has 2 aromatic heterocycles. The molecule has 3 heterocycles. The molecular weight excluding hydrogens is 288 g/mol. The van der Waals surface area contributed by atoms with Gasteiger partial charge >= 0.3 is 0 Å². The van der Waals surface area contributed by atoms with Gasteiger partial charge in [0.25, 0.3) is 0 Å². The summed E-state index contributed by atoms with van der Waals surface area (Å²) >= 11 is 0. The van der Waals surface area contributed by atoms with Crippen LogP contribution in [-0.2, 0) is 16.4 Å². The molecule has 0 bridgehead atoms. The zero-order valence-corrected chi connectivity index (χ0v) is 12.7. The van der Waals surface area contributed by atoms with Crippen molar-refractivity contribution in [3.05, 3.63) is 42.0 Å². The first kappa shape index (κ1) is 14.2. The number of hydrogen-bond donors (Lipinski definition) is 1. The van der Waals surface area contributed by atoms with Crippen LogP contribution in [0.1, 0.15) is 30.3 Å². The van der Waals surface area contributed by atoms with Gasteiger partial charge in [-0.2, -0.15) is 5.10 Å². The number of hydrogen-bond acceptors (Lipinski definition) is 5. The lowest BCUT2D eigenvalue weighted by Gasteiger charge is -2.23. The quantitative estimate of drug-likeness (QED) is 0.927. The fourth-order valence-electron chi connectivity index (χ4n) is 2.86. The van der Waals surface area contributed by atoms with Gasteiger partial charge in [-0.1, -0.05) is 6.07 Å². The molecule has 112 valence electrons. The van der Waals surface area contributed by atoms with Crippen LogP contribution in [0, 0.1) is 0 Å². The minimum Gasteiger partial charge on any atom is -0.289 e. The Labute approximate surface area is 124 Å². The lowest BCUT2D eigenvalue weighted by molar-refractivity contribution is 0.239. The number of nitrogens with zero attached hydrogens (tertiary/aromatic N) is 3. The monoisotopic (exact) mass is 306 g/mol. The van der Waals surface area contributed by atoms with E-state index < -0.39 is 9.84 Å². The third-order valence-electron chi connectivity index (χ3n) is 3.82. The summed E-state index contributed by atoms with van der Waals surface area (Å²) in [7, 11) is -3.26. The van der Waals surface area contributed by atoms with E-state index in [9.17, 15) is 8.42 Å². The van der Waals surface area contributed by atoms with E-state index in [0.717, 1.165) is 25.1 Å². The average Bonchev–Trinajstić information content (AvgIpc) is 3.07. The number of aromatic amines is 1. The van der Waals surface area contributed by atoms with Crippen LogP contribution < -0.4 is 0 Å². The van der Waals surface area contributed by atoms with Crippen LogP contribution in [0.3, 0.4) is 0 Å². The number of aromatic nitrogens is 3. The second-order valence-electron chi connectivity index (χ2n) is 5.37. The van der Waals surface area contributed by atoms with Crippen molar-refractivity contribution in [1.29, 1.82) is 0 Å². The predicted molar refractivity (Wildman–Crippen MR) is 78.3 cm³/mol. The zero-order chi connectivity index (χ0) is 14.9. The minimum absolute atomic E-state index is 0.0548. The van der Waals surface area contributed by atoms with Crippen molar-refractivity contribution in [2.45, 2.75) is 30.3 Å². The fourth-order valence-corrected chi connectivity index (χ4v) is 3.69. The highest BCUT2D eigenvalue weighted by molar-refractivity contribution is 7.90.